The molecule has 4 aliphatic carbocycles. The molecular weight excluding hydrogens is 498 g/mol. The maximum atomic E-state index is 12.4. The highest BCUT2D eigenvalue weighted by Gasteiger charge is 2.63. The minimum absolute atomic E-state index is 0.00671. The van der Waals surface area contributed by atoms with E-state index in [-0.39, 0.29) is 23.4 Å². The number of hydrogen-bond acceptors (Lipinski definition) is 4. The Balaban J connectivity index is 1.23. The molecule has 224 valence electrons. The maximum absolute atomic E-state index is 12.4. The number of allylic oxidation sites excluding steroid dienone is 2. The van der Waals surface area contributed by atoms with Gasteiger partial charge in [0.25, 0.3) is 0 Å². The Bertz CT molecular complexity index is 1030. The molecule has 0 bridgehead atoms. The van der Waals surface area contributed by atoms with Gasteiger partial charge in [0, 0.05) is 38.6 Å². The van der Waals surface area contributed by atoms with Crippen LogP contribution < -0.4 is 5.32 Å². The van der Waals surface area contributed by atoms with Gasteiger partial charge >= 0.3 is 5.97 Å². The van der Waals surface area contributed by atoms with Crippen LogP contribution >= 0.6 is 0 Å². The largest absolute Gasteiger partial charge is 0.494 e. The zero-order valence-electron chi connectivity index (χ0n) is 26.2. The maximum Gasteiger partial charge on any atom is 0.306 e. The van der Waals surface area contributed by atoms with Gasteiger partial charge in [-0.2, -0.15) is 0 Å². The number of amides is 1. The third-order valence-electron chi connectivity index (χ3n) is 12.1. The lowest BCUT2D eigenvalue weighted by molar-refractivity contribution is -0.151. The van der Waals surface area contributed by atoms with Crippen LogP contribution in [0, 0.1) is 40.4 Å². The highest BCUT2D eigenvalue weighted by atomic mass is 16.5. The van der Waals surface area contributed by atoms with Gasteiger partial charge in [-0.15, -0.1) is 0 Å². The number of esters is 1. The summed E-state index contributed by atoms with van der Waals surface area (Å²) in [4.78, 5) is 23.7. The van der Waals surface area contributed by atoms with Gasteiger partial charge in [-0.3, -0.25) is 9.59 Å². The lowest BCUT2D eigenvalue weighted by atomic mass is 9.47. The summed E-state index contributed by atoms with van der Waals surface area (Å²) in [5.74, 6) is 4.51. The van der Waals surface area contributed by atoms with Crippen LogP contribution in [0.1, 0.15) is 125 Å². The van der Waals surface area contributed by atoms with E-state index in [9.17, 15) is 9.59 Å². The molecule has 1 N–H and O–H groups in total. The molecule has 3 saturated carbocycles. The van der Waals surface area contributed by atoms with Crippen molar-refractivity contribution in [2.45, 2.75) is 137 Å². The summed E-state index contributed by atoms with van der Waals surface area (Å²) < 4.78 is 12.7. The number of carbonyl (C=O) groups excluding carboxylic acids is 2. The zero-order valence-corrected chi connectivity index (χ0v) is 26.2. The molecule has 0 unspecified atom stereocenters. The fraction of sp³-hybridized carbons (Fsp3) is 0.829. The summed E-state index contributed by atoms with van der Waals surface area (Å²) in [5, 5.41) is 2.96. The van der Waals surface area contributed by atoms with Crippen molar-refractivity contribution in [2.75, 3.05) is 6.54 Å². The van der Waals surface area contributed by atoms with Gasteiger partial charge in [-0.05, 0) is 98.4 Å². The molecule has 0 radical (unpaired) electrons. The Morgan fingerprint density at radius 3 is 2.73 bits per heavy atom. The predicted molar refractivity (Wildman–Crippen MR) is 159 cm³/mol. The number of carbonyl (C=O) groups is 2. The van der Waals surface area contributed by atoms with Gasteiger partial charge < -0.3 is 14.8 Å². The van der Waals surface area contributed by atoms with Crippen LogP contribution in [0.25, 0.3) is 0 Å². The van der Waals surface area contributed by atoms with E-state index in [4.69, 9.17) is 9.47 Å². The number of hydrogen-bond donors (Lipinski definition) is 1. The van der Waals surface area contributed by atoms with Gasteiger partial charge in [0.1, 0.15) is 12.2 Å². The van der Waals surface area contributed by atoms with Crippen molar-refractivity contribution in [2.24, 2.45) is 40.4 Å². The molecule has 1 amide bonds. The summed E-state index contributed by atoms with van der Waals surface area (Å²) in [6, 6.07) is 0. The van der Waals surface area contributed by atoms with Crippen molar-refractivity contribution < 1.29 is 19.1 Å². The molecule has 1 aliphatic heterocycles. The smallest absolute Gasteiger partial charge is 0.306 e. The standard InChI is InChI=1S/C35H55NO4/c1-7-8-9-10-32(38)39-26-15-17-34(5)25(19-26)12-13-27-28(34)16-18-35(6)29(27)20-31-33(35)23(3)30(40-31)14-11-22(2)21-36-24(4)37/h12,22,26-29,31,33H,7-11,13-21H2,1-6H3,(H,36,37)/t22-,26+,27+,28-,29-,31-,33-,34-,35-/m0/s1. The normalized spacial score (nSPS) is 38.8. The molecule has 1 heterocycles. The molecule has 5 rings (SSSR count). The average Bonchev–Trinajstić information content (AvgIpc) is 3.39. The molecule has 3 fully saturated rings. The van der Waals surface area contributed by atoms with Crippen molar-refractivity contribution in [3.63, 3.8) is 0 Å². The van der Waals surface area contributed by atoms with Crippen LogP contribution in [0.2, 0.25) is 0 Å². The van der Waals surface area contributed by atoms with E-state index in [1.54, 1.807) is 12.5 Å². The second kappa shape index (κ2) is 11.8. The molecule has 5 aliphatic rings. The van der Waals surface area contributed by atoms with Crippen molar-refractivity contribution in [1.82, 2.24) is 5.32 Å². The second-order valence-electron chi connectivity index (χ2n) is 14.7. The summed E-state index contributed by atoms with van der Waals surface area (Å²) in [7, 11) is 0. The fourth-order valence-corrected chi connectivity index (χ4v) is 9.87. The Labute approximate surface area is 243 Å². The Kier molecular flexibility index (Phi) is 8.79. The highest BCUT2D eigenvalue weighted by molar-refractivity contribution is 5.72. The third-order valence-corrected chi connectivity index (χ3v) is 12.1. The predicted octanol–water partition coefficient (Wildman–Crippen LogP) is 7.89. The molecule has 9 atom stereocenters. The van der Waals surface area contributed by atoms with Gasteiger partial charge in [0.2, 0.25) is 5.91 Å². The van der Waals surface area contributed by atoms with Crippen molar-refractivity contribution in [3.8, 4) is 0 Å². The Morgan fingerprint density at radius 2 is 1.98 bits per heavy atom. The Morgan fingerprint density at radius 1 is 1.18 bits per heavy atom. The monoisotopic (exact) mass is 553 g/mol. The van der Waals surface area contributed by atoms with E-state index in [1.165, 1.54) is 37.0 Å². The van der Waals surface area contributed by atoms with E-state index in [2.05, 4.69) is 46.0 Å². The SMILES string of the molecule is CCCCCC(=O)O[C@@H]1CC[C@@]2(C)C(=CC[C@H]3[C@@H]4C[C@@H]5OC(CC[C@H](C)CNC(C)=O)=C(C)[C@@H]5[C@@]4(C)CC[C@@H]32)C1. The topological polar surface area (TPSA) is 64.6 Å². The molecule has 5 heteroatoms. The van der Waals surface area contributed by atoms with E-state index in [0.29, 0.717) is 29.8 Å². The minimum atomic E-state index is 0.00671. The molecule has 0 spiro atoms. The molecular formula is C35H55NO4. The van der Waals surface area contributed by atoms with Crippen molar-refractivity contribution in [1.29, 1.82) is 0 Å². The molecule has 0 saturated heterocycles. The Hall–Kier alpha value is -1.78. The quantitative estimate of drug-likeness (QED) is 0.170. The number of fused-ring (bicyclic) bond motifs is 7. The molecule has 40 heavy (non-hydrogen) atoms. The highest BCUT2D eigenvalue weighted by Crippen LogP contribution is 2.69. The molecule has 5 nitrogen and oxygen atoms in total. The van der Waals surface area contributed by atoms with Gasteiger partial charge in [0.15, 0.2) is 0 Å². The van der Waals surface area contributed by atoms with Gasteiger partial charge in [-0.25, -0.2) is 0 Å². The average molecular weight is 554 g/mol. The first-order chi connectivity index (χ1) is 19.1. The number of unbranched alkanes of at least 4 members (excludes halogenated alkanes) is 2. The first-order valence-electron chi connectivity index (χ1n) is 16.6. The molecule has 0 aromatic carbocycles. The number of ether oxygens (including phenoxy) is 2. The van der Waals surface area contributed by atoms with E-state index in [0.717, 1.165) is 75.7 Å². The number of nitrogens with one attached hydrogen (secondary N) is 1. The minimum Gasteiger partial charge on any atom is -0.494 e. The van der Waals surface area contributed by atoms with E-state index < -0.39 is 0 Å². The van der Waals surface area contributed by atoms with Crippen LogP contribution in [0.3, 0.4) is 0 Å². The lowest BCUT2D eigenvalue weighted by Gasteiger charge is -2.58. The molecule has 0 aromatic rings. The van der Waals surface area contributed by atoms with E-state index >= 15 is 0 Å². The molecule has 0 aromatic heterocycles. The van der Waals surface area contributed by atoms with Crippen LogP contribution in [0.4, 0.5) is 0 Å². The summed E-state index contributed by atoms with van der Waals surface area (Å²) >= 11 is 0. The first-order valence-corrected chi connectivity index (χ1v) is 16.6. The summed E-state index contributed by atoms with van der Waals surface area (Å²) in [6.45, 7) is 14.2. The van der Waals surface area contributed by atoms with Crippen LogP contribution in [0.15, 0.2) is 23.0 Å². The van der Waals surface area contributed by atoms with Crippen molar-refractivity contribution >= 4 is 11.9 Å². The lowest BCUT2D eigenvalue weighted by Crippen LogP contribution is -2.50. The van der Waals surface area contributed by atoms with Crippen LogP contribution in [-0.2, 0) is 19.1 Å². The summed E-state index contributed by atoms with van der Waals surface area (Å²) in [5.41, 5.74) is 3.68. The summed E-state index contributed by atoms with van der Waals surface area (Å²) in [6.07, 6.45) is 16.9. The van der Waals surface area contributed by atoms with Crippen LogP contribution in [0.5, 0.6) is 0 Å². The zero-order chi connectivity index (χ0) is 28.7. The second-order valence-corrected chi connectivity index (χ2v) is 14.7. The van der Waals surface area contributed by atoms with Crippen LogP contribution in [-0.4, -0.2) is 30.6 Å². The first kappa shape index (κ1) is 29.7. The fourth-order valence-electron chi connectivity index (χ4n) is 9.87. The third kappa shape index (κ3) is 5.52. The van der Waals surface area contributed by atoms with E-state index in [1.807, 2.05) is 0 Å². The number of rotatable bonds is 10. The van der Waals surface area contributed by atoms with Gasteiger partial charge in [0.05, 0.1) is 5.76 Å². The van der Waals surface area contributed by atoms with Gasteiger partial charge in [-0.1, -0.05) is 52.2 Å². The van der Waals surface area contributed by atoms with Crippen molar-refractivity contribution in [3.05, 3.63) is 23.0 Å².